The molecule has 7 heteroatoms. The van der Waals surface area contributed by atoms with Gasteiger partial charge >= 0.3 is 0 Å². The number of aromatic nitrogens is 2. The molecule has 0 saturated carbocycles. The molecule has 1 aromatic rings. The fourth-order valence-electron chi connectivity index (χ4n) is 4.10. The van der Waals surface area contributed by atoms with E-state index in [-0.39, 0.29) is 11.8 Å². The molecule has 1 N–H and O–H groups in total. The highest BCUT2D eigenvalue weighted by Gasteiger charge is 2.33. The summed E-state index contributed by atoms with van der Waals surface area (Å²) in [6.07, 6.45) is 4.80. The minimum Gasteiger partial charge on any atom is -0.379 e. The van der Waals surface area contributed by atoms with Crippen LogP contribution in [0.4, 0.5) is 0 Å². The molecule has 2 saturated heterocycles. The van der Waals surface area contributed by atoms with Crippen molar-refractivity contribution >= 4 is 5.91 Å². The van der Waals surface area contributed by atoms with E-state index in [0.717, 1.165) is 71.3 Å². The molecule has 1 aromatic heterocycles. The number of morpholine rings is 1. The molecule has 7 nitrogen and oxygen atoms in total. The first-order valence-electron chi connectivity index (χ1n) is 10.3. The molecule has 2 fully saturated rings. The number of nitrogens with zero attached hydrogens (tertiary/aromatic N) is 4. The van der Waals surface area contributed by atoms with Crippen molar-refractivity contribution in [3.05, 3.63) is 18.2 Å². The minimum absolute atomic E-state index is 0.0591. The third kappa shape index (κ3) is 6.02. The molecule has 0 radical (unpaired) electrons. The van der Waals surface area contributed by atoms with E-state index in [2.05, 4.69) is 38.5 Å². The number of likely N-dealkylation sites (tertiary alicyclic amines) is 1. The van der Waals surface area contributed by atoms with E-state index < -0.39 is 0 Å². The molecule has 3 heterocycles. The van der Waals surface area contributed by atoms with E-state index in [4.69, 9.17) is 4.74 Å². The Kier molecular flexibility index (Phi) is 7.26. The standard InChI is InChI=1S/C20H35N5O2/c1-16(2)11-22-20(26)18-10-17(12-24-6-8-27-9-7-24)13-25(14-18)15-19-21-4-5-23(19)3/h4-5,16-18H,6-15H2,1-3H3,(H,22,26)/t17-,18-/m1/s1. The Labute approximate surface area is 163 Å². The fraction of sp³-hybridized carbons (Fsp3) is 0.800. The molecular formula is C20H35N5O2. The smallest absolute Gasteiger partial charge is 0.224 e. The summed E-state index contributed by atoms with van der Waals surface area (Å²) in [5.74, 6) is 2.31. The van der Waals surface area contributed by atoms with Crippen LogP contribution in [-0.4, -0.2) is 77.7 Å². The minimum atomic E-state index is 0.0591. The molecule has 0 aliphatic carbocycles. The van der Waals surface area contributed by atoms with Gasteiger partial charge < -0.3 is 14.6 Å². The van der Waals surface area contributed by atoms with E-state index in [1.807, 2.05) is 19.4 Å². The second-order valence-electron chi connectivity index (χ2n) is 8.50. The van der Waals surface area contributed by atoms with Gasteiger partial charge in [-0.1, -0.05) is 13.8 Å². The number of carbonyl (C=O) groups is 1. The van der Waals surface area contributed by atoms with Gasteiger partial charge in [0.05, 0.1) is 25.7 Å². The summed E-state index contributed by atoms with van der Waals surface area (Å²) < 4.78 is 7.55. The van der Waals surface area contributed by atoms with Crippen molar-refractivity contribution in [1.29, 1.82) is 0 Å². The van der Waals surface area contributed by atoms with Crippen LogP contribution in [0, 0.1) is 17.8 Å². The predicted octanol–water partition coefficient (Wildman–Crippen LogP) is 0.963. The lowest BCUT2D eigenvalue weighted by atomic mass is 9.87. The number of rotatable bonds is 7. The topological polar surface area (TPSA) is 62.6 Å². The second-order valence-corrected chi connectivity index (χ2v) is 8.50. The number of nitrogens with one attached hydrogen (secondary N) is 1. The normalized spacial score (nSPS) is 25.0. The second kappa shape index (κ2) is 9.66. The number of ether oxygens (including phenoxy) is 1. The van der Waals surface area contributed by atoms with E-state index in [9.17, 15) is 4.79 Å². The monoisotopic (exact) mass is 377 g/mol. The molecule has 152 valence electrons. The van der Waals surface area contributed by atoms with Crippen molar-refractivity contribution in [3.63, 3.8) is 0 Å². The van der Waals surface area contributed by atoms with Crippen molar-refractivity contribution in [2.24, 2.45) is 24.8 Å². The van der Waals surface area contributed by atoms with Crippen LogP contribution < -0.4 is 5.32 Å². The Morgan fingerprint density at radius 1 is 1.30 bits per heavy atom. The number of hydrogen-bond donors (Lipinski definition) is 1. The maximum absolute atomic E-state index is 12.8. The van der Waals surface area contributed by atoms with Gasteiger partial charge in [-0.15, -0.1) is 0 Å². The Bertz CT molecular complexity index is 597. The van der Waals surface area contributed by atoms with E-state index in [0.29, 0.717) is 11.8 Å². The van der Waals surface area contributed by atoms with Crippen molar-refractivity contribution < 1.29 is 9.53 Å². The highest BCUT2D eigenvalue weighted by molar-refractivity contribution is 5.79. The number of imidazole rings is 1. The lowest BCUT2D eigenvalue weighted by Crippen LogP contribution is -2.50. The van der Waals surface area contributed by atoms with Crippen LogP contribution in [0.25, 0.3) is 0 Å². The van der Waals surface area contributed by atoms with Gasteiger partial charge in [0.1, 0.15) is 5.82 Å². The molecule has 0 spiro atoms. The van der Waals surface area contributed by atoms with Gasteiger partial charge in [0.15, 0.2) is 0 Å². The first kappa shape index (κ1) is 20.3. The van der Waals surface area contributed by atoms with Crippen LogP contribution in [-0.2, 0) is 23.1 Å². The molecule has 2 aliphatic heterocycles. The lowest BCUT2D eigenvalue weighted by molar-refractivity contribution is -0.128. The molecule has 27 heavy (non-hydrogen) atoms. The molecule has 0 bridgehead atoms. The predicted molar refractivity (Wildman–Crippen MR) is 105 cm³/mol. The summed E-state index contributed by atoms with van der Waals surface area (Å²) in [5, 5.41) is 3.15. The number of amides is 1. The highest BCUT2D eigenvalue weighted by atomic mass is 16.5. The van der Waals surface area contributed by atoms with Crippen LogP contribution in [0.15, 0.2) is 12.4 Å². The maximum atomic E-state index is 12.8. The molecule has 0 unspecified atom stereocenters. The van der Waals surface area contributed by atoms with Crippen molar-refractivity contribution in [2.75, 3.05) is 52.5 Å². The highest BCUT2D eigenvalue weighted by Crippen LogP contribution is 2.25. The number of carbonyl (C=O) groups excluding carboxylic acids is 1. The summed E-state index contributed by atoms with van der Waals surface area (Å²) in [5.41, 5.74) is 0. The molecule has 3 rings (SSSR count). The summed E-state index contributed by atoms with van der Waals surface area (Å²) in [6.45, 7) is 12.4. The van der Waals surface area contributed by atoms with Crippen molar-refractivity contribution in [2.45, 2.75) is 26.8 Å². The van der Waals surface area contributed by atoms with Gasteiger partial charge in [-0.3, -0.25) is 14.6 Å². The zero-order valence-electron chi connectivity index (χ0n) is 17.1. The van der Waals surface area contributed by atoms with Crippen molar-refractivity contribution in [1.82, 2.24) is 24.7 Å². The molecule has 2 atom stereocenters. The molecule has 2 aliphatic rings. The van der Waals surface area contributed by atoms with E-state index in [1.54, 1.807) is 0 Å². The summed E-state index contributed by atoms with van der Waals surface area (Å²) in [6, 6.07) is 0. The van der Waals surface area contributed by atoms with Crippen LogP contribution in [0.1, 0.15) is 26.1 Å². The quantitative estimate of drug-likeness (QED) is 0.767. The van der Waals surface area contributed by atoms with E-state index >= 15 is 0 Å². The van der Waals surface area contributed by atoms with Gasteiger partial charge in [0.2, 0.25) is 5.91 Å². The third-order valence-electron chi connectivity index (χ3n) is 5.57. The number of hydrogen-bond acceptors (Lipinski definition) is 5. The van der Waals surface area contributed by atoms with Crippen LogP contribution in [0.5, 0.6) is 0 Å². The van der Waals surface area contributed by atoms with Crippen LogP contribution >= 0.6 is 0 Å². The Hall–Kier alpha value is -1.44. The van der Waals surface area contributed by atoms with Gasteiger partial charge in [0, 0.05) is 58.7 Å². The summed E-state index contributed by atoms with van der Waals surface area (Å²) in [4.78, 5) is 22.1. The lowest BCUT2D eigenvalue weighted by Gasteiger charge is -2.39. The maximum Gasteiger partial charge on any atom is 0.224 e. The van der Waals surface area contributed by atoms with Gasteiger partial charge in [-0.2, -0.15) is 0 Å². The zero-order valence-corrected chi connectivity index (χ0v) is 17.1. The van der Waals surface area contributed by atoms with E-state index in [1.165, 1.54) is 0 Å². The molecular weight excluding hydrogens is 342 g/mol. The average Bonchev–Trinajstić information content (AvgIpc) is 3.05. The summed E-state index contributed by atoms with van der Waals surface area (Å²) >= 11 is 0. The molecule has 1 amide bonds. The third-order valence-corrected chi connectivity index (χ3v) is 5.57. The van der Waals surface area contributed by atoms with Gasteiger partial charge in [-0.25, -0.2) is 4.98 Å². The van der Waals surface area contributed by atoms with Crippen LogP contribution in [0.3, 0.4) is 0 Å². The summed E-state index contributed by atoms with van der Waals surface area (Å²) in [7, 11) is 2.03. The van der Waals surface area contributed by atoms with Gasteiger partial charge in [-0.05, 0) is 18.3 Å². The first-order chi connectivity index (χ1) is 13.0. The average molecular weight is 378 g/mol. The van der Waals surface area contributed by atoms with Crippen LogP contribution in [0.2, 0.25) is 0 Å². The number of aryl methyl sites for hydroxylation is 1. The zero-order chi connectivity index (χ0) is 19.2. The number of piperidine rings is 1. The molecule has 0 aromatic carbocycles. The van der Waals surface area contributed by atoms with Crippen molar-refractivity contribution in [3.8, 4) is 0 Å². The fourth-order valence-corrected chi connectivity index (χ4v) is 4.10. The Balaban J connectivity index is 1.63. The Morgan fingerprint density at radius 3 is 2.74 bits per heavy atom. The Morgan fingerprint density at radius 2 is 2.07 bits per heavy atom. The SMILES string of the molecule is CC(C)CNC(=O)[C@@H]1C[C@H](CN2CCOCC2)CN(Cc2nccn2C)C1. The first-order valence-corrected chi connectivity index (χ1v) is 10.3. The van der Waals surface area contributed by atoms with Gasteiger partial charge in [0.25, 0.3) is 0 Å². The largest absolute Gasteiger partial charge is 0.379 e.